The van der Waals surface area contributed by atoms with Crippen LogP contribution in [0.2, 0.25) is 0 Å². The molecule has 1 N–H and O–H groups in total. The highest BCUT2D eigenvalue weighted by molar-refractivity contribution is 7.98. The van der Waals surface area contributed by atoms with Gasteiger partial charge in [0.15, 0.2) is 0 Å². The number of unbranched alkanes of at least 4 members (excludes halogenated alkanes) is 1. The number of sulfonamides is 1. The second kappa shape index (κ2) is 7.79. The molecule has 86 valence electrons. The van der Waals surface area contributed by atoms with Crippen LogP contribution < -0.4 is 4.72 Å². The second-order valence-electron chi connectivity index (χ2n) is 3.19. The first-order valence-electron chi connectivity index (χ1n) is 4.56. The number of rotatable bonds is 8. The maximum atomic E-state index is 11.4. The monoisotopic (exact) mass is 259 g/mol. The fourth-order valence-corrected chi connectivity index (χ4v) is 3.31. The molecule has 0 saturated heterocycles. The minimum Gasteiger partial charge on any atom is -0.212 e. The van der Waals surface area contributed by atoms with Gasteiger partial charge >= 0.3 is 0 Å². The predicted molar refractivity (Wildman–Crippen MR) is 64.7 cm³/mol. The van der Waals surface area contributed by atoms with Crippen LogP contribution in [0.3, 0.4) is 0 Å². The molecule has 0 aromatic heterocycles. The van der Waals surface area contributed by atoms with Gasteiger partial charge in [0.2, 0.25) is 10.0 Å². The van der Waals surface area contributed by atoms with Crippen molar-refractivity contribution in [1.29, 1.82) is 0 Å². The summed E-state index contributed by atoms with van der Waals surface area (Å²) in [5.74, 6) is 1.50. The van der Waals surface area contributed by atoms with Crippen molar-refractivity contribution in [3.05, 3.63) is 0 Å². The van der Waals surface area contributed by atoms with E-state index in [1.165, 1.54) is 0 Å². The lowest BCUT2D eigenvalue weighted by molar-refractivity contribution is 0.568. The van der Waals surface area contributed by atoms with Crippen LogP contribution in [0.15, 0.2) is 0 Å². The van der Waals surface area contributed by atoms with Crippen molar-refractivity contribution >= 4 is 33.4 Å². The molecule has 0 bridgehead atoms. The third-order valence-corrected chi connectivity index (χ3v) is 4.28. The molecule has 14 heavy (non-hydrogen) atoms. The van der Waals surface area contributed by atoms with E-state index in [-0.39, 0.29) is 11.8 Å². The molecule has 0 aliphatic carbocycles. The van der Waals surface area contributed by atoms with Gasteiger partial charge in [0, 0.05) is 17.7 Å². The summed E-state index contributed by atoms with van der Waals surface area (Å²) in [5.41, 5.74) is 0. The number of alkyl halides is 1. The Bertz CT molecular complexity index is 231. The van der Waals surface area contributed by atoms with Crippen molar-refractivity contribution in [3.63, 3.8) is 0 Å². The van der Waals surface area contributed by atoms with Crippen LogP contribution in [0.5, 0.6) is 0 Å². The lowest BCUT2D eigenvalue weighted by Gasteiger charge is -2.12. The highest BCUT2D eigenvalue weighted by Gasteiger charge is 2.13. The molecule has 1 atom stereocenters. The highest BCUT2D eigenvalue weighted by atomic mass is 35.5. The SMILES string of the molecule is CSCC(C)NS(=O)(=O)CCCCCl. The van der Waals surface area contributed by atoms with E-state index >= 15 is 0 Å². The quantitative estimate of drug-likeness (QED) is 0.533. The average molecular weight is 260 g/mol. The van der Waals surface area contributed by atoms with Crippen LogP contribution in [0.1, 0.15) is 19.8 Å². The van der Waals surface area contributed by atoms with Crippen LogP contribution in [0, 0.1) is 0 Å². The third kappa shape index (κ3) is 7.91. The zero-order chi connectivity index (χ0) is 11.0. The largest absolute Gasteiger partial charge is 0.212 e. The van der Waals surface area contributed by atoms with Crippen molar-refractivity contribution in [3.8, 4) is 0 Å². The molecular weight excluding hydrogens is 242 g/mol. The fourth-order valence-electron chi connectivity index (χ4n) is 1.04. The summed E-state index contributed by atoms with van der Waals surface area (Å²) in [4.78, 5) is 0. The molecule has 3 nitrogen and oxygen atoms in total. The van der Waals surface area contributed by atoms with Crippen molar-refractivity contribution < 1.29 is 8.42 Å². The Morgan fingerprint density at radius 3 is 2.57 bits per heavy atom. The fraction of sp³-hybridized carbons (Fsp3) is 1.00. The van der Waals surface area contributed by atoms with E-state index < -0.39 is 10.0 Å². The van der Waals surface area contributed by atoms with Gasteiger partial charge in [-0.05, 0) is 26.0 Å². The Morgan fingerprint density at radius 2 is 2.07 bits per heavy atom. The lowest BCUT2D eigenvalue weighted by atomic mass is 10.4. The average Bonchev–Trinajstić information content (AvgIpc) is 2.03. The molecule has 6 heteroatoms. The molecule has 0 saturated carbocycles. The number of thioether (sulfide) groups is 1. The van der Waals surface area contributed by atoms with Gasteiger partial charge in [-0.1, -0.05) is 0 Å². The van der Waals surface area contributed by atoms with Gasteiger partial charge in [0.1, 0.15) is 0 Å². The topological polar surface area (TPSA) is 46.2 Å². The van der Waals surface area contributed by atoms with Gasteiger partial charge in [0.05, 0.1) is 5.75 Å². The highest BCUT2D eigenvalue weighted by Crippen LogP contribution is 2.01. The molecule has 0 heterocycles. The van der Waals surface area contributed by atoms with Gasteiger partial charge in [-0.25, -0.2) is 13.1 Å². The summed E-state index contributed by atoms with van der Waals surface area (Å²) in [6, 6.07) is 0.00556. The molecule has 0 aromatic carbocycles. The molecule has 0 rings (SSSR count). The van der Waals surface area contributed by atoms with Crippen molar-refractivity contribution in [2.75, 3.05) is 23.6 Å². The van der Waals surface area contributed by atoms with Crippen LogP contribution in [-0.4, -0.2) is 38.1 Å². The first-order valence-corrected chi connectivity index (χ1v) is 8.15. The standard InChI is InChI=1S/C8H18ClNO2S2/c1-8(7-13-2)10-14(11,12)6-4-3-5-9/h8,10H,3-7H2,1-2H3. The van der Waals surface area contributed by atoms with E-state index in [0.29, 0.717) is 12.3 Å². The van der Waals surface area contributed by atoms with Crippen LogP contribution in [-0.2, 0) is 10.0 Å². The minimum atomic E-state index is -3.10. The van der Waals surface area contributed by atoms with Crippen molar-refractivity contribution in [2.24, 2.45) is 0 Å². The van der Waals surface area contributed by atoms with Gasteiger partial charge in [-0.3, -0.25) is 0 Å². The van der Waals surface area contributed by atoms with E-state index in [1.54, 1.807) is 11.8 Å². The third-order valence-electron chi connectivity index (χ3n) is 1.59. The molecule has 0 fully saturated rings. The Labute approximate surface area is 96.0 Å². The van der Waals surface area contributed by atoms with E-state index in [1.807, 2.05) is 13.2 Å². The zero-order valence-corrected chi connectivity index (χ0v) is 11.0. The molecule has 0 spiro atoms. The van der Waals surface area contributed by atoms with E-state index in [2.05, 4.69) is 4.72 Å². The molecular formula is C8H18ClNO2S2. The summed E-state index contributed by atoms with van der Waals surface area (Å²) in [6.07, 6.45) is 3.34. The molecule has 1 unspecified atom stereocenters. The number of hydrogen-bond acceptors (Lipinski definition) is 3. The summed E-state index contributed by atoms with van der Waals surface area (Å²) in [6.45, 7) is 1.87. The van der Waals surface area contributed by atoms with Gasteiger partial charge in [-0.15, -0.1) is 11.6 Å². The maximum absolute atomic E-state index is 11.4. The van der Waals surface area contributed by atoms with Crippen LogP contribution >= 0.6 is 23.4 Å². The predicted octanol–water partition coefficient (Wildman–Crippen LogP) is 1.68. The zero-order valence-electron chi connectivity index (χ0n) is 8.62. The van der Waals surface area contributed by atoms with Crippen molar-refractivity contribution in [2.45, 2.75) is 25.8 Å². The van der Waals surface area contributed by atoms with Crippen LogP contribution in [0.25, 0.3) is 0 Å². The second-order valence-corrected chi connectivity index (χ2v) is 6.35. The number of hydrogen-bond donors (Lipinski definition) is 1. The summed E-state index contributed by atoms with van der Waals surface area (Å²) < 4.78 is 25.5. The van der Waals surface area contributed by atoms with Crippen molar-refractivity contribution in [1.82, 2.24) is 4.72 Å². The van der Waals surface area contributed by atoms with Gasteiger partial charge < -0.3 is 0 Å². The molecule has 0 aromatic rings. The molecule has 0 amide bonds. The maximum Gasteiger partial charge on any atom is 0.211 e. The van der Waals surface area contributed by atoms with E-state index in [4.69, 9.17) is 11.6 Å². The first kappa shape index (κ1) is 14.6. The Morgan fingerprint density at radius 1 is 1.43 bits per heavy atom. The number of halogens is 1. The molecule has 0 aliphatic rings. The lowest BCUT2D eigenvalue weighted by Crippen LogP contribution is -2.35. The summed E-state index contributed by atoms with van der Waals surface area (Å²) in [5, 5.41) is 0. The number of nitrogens with one attached hydrogen (secondary N) is 1. The van der Waals surface area contributed by atoms with Crippen LogP contribution in [0.4, 0.5) is 0 Å². The summed E-state index contributed by atoms with van der Waals surface area (Å²) in [7, 11) is -3.10. The smallest absolute Gasteiger partial charge is 0.211 e. The summed E-state index contributed by atoms with van der Waals surface area (Å²) >= 11 is 7.10. The molecule has 0 radical (unpaired) electrons. The minimum absolute atomic E-state index is 0.00556. The Hall–Kier alpha value is 0.550. The van der Waals surface area contributed by atoms with Gasteiger partial charge in [-0.2, -0.15) is 11.8 Å². The Kier molecular flexibility index (Phi) is 8.10. The van der Waals surface area contributed by atoms with E-state index in [9.17, 15) is 8.42 Å². The normalized spacial score (nSPS) is 14.2. The first-order chi connectivity index (χ1) is 6.52. The van der Waals surface area contributed by atoms with E-state index in [0.717, 1.165) is 12.2 Å². The van der Waals surface area contributed by atoms with Gasteiger partial charge in [0.25, 0.3) is 0 Å². The molecule has 0 aliphatic heterocycles. The Balaban J connectivity index is 3.82.